The Bertz CT molecular complexity index is 1520. The van der Waals surface area contributed by atoms with Gasteiger partial charge in [-0.2, -0.15) is 5.10 Å². The van der Waals surface area contributed by atoms with E-state index >= 15 is 0 Å². The highest BCUT2D eigenvalue weighted by Gasteiger charge is 2.27. The van der Waals surface area contributed by atoms with E-state index in [-0.39, 0.29) is 11.8 Å². The van der Waals surface area contributed by atoms with Crippen LogP contribution in [0.15, 0.2) is 60.5 Å². The number of hydrogen-bond donors (Lipinski definition) is 1. The van der Waals surface area contributed by atoms with Gasteiger partial charge >= 0.3 is 0 Å². The van der Waals surface area contributed by atoms with Crippen molar-refractivity contribution in [2.24, 2.45) is 5.92 Å². The highest BCUT2D eigenvalue weighted by atomic mass is 32.1. The molecule has 1 saturated heterocycles. The zero-order valence-corrected chi connectivity index (χ0v) is 20.9. The molecule has 4 aromatic heterocycles. The molecule has 5 heterocycles. The third-order valence-corrected chi connectivity index (χ3v) is 7.27. The molecule has 1 atom stereocenters. The fourth-order valence-corrected chi connectivity index (χ4v) is 5.45. The summed E-state index contributed by atoms with van der Waals surface area (Å²) in [6.07, 6.45) is 7.33. The monoisotopic (exact) mass is 498 g/mol. The van der Waals surface area contributed by atoms with E-state index in [0.29, 0.717) is 6.54 Å². The van der Waals surface area contributed by atoms with E-state index in [1.54, 1.807) is 17.7 Å². The molecule has 9 nitrogen and oxygen atoms in total. The summed E-state index contributed by atoms with van der Waals surface area (Å²) in [5.74, 6) is 1.43. The van der Waals surface area contributed by atoms with Crippen LogP contribution in [0.25, 0.3) is 22.0 Å². The van der Waals surface area contributed by atoms with Crippen LogP contribution in [0, 0.1) is 19.8 Å². The standard InChI is InChI=1S/C26H26N8OS/c1-17-11-18(2)34(31-17)24-13-23(27-16-28-24)32-8-4-6-20(14-32)25(35)29-21-7-3-5-19(12-21)22-15-33-9-10-36-26(33)30-22/h3,5,7,9-13,15-16,20H,4,6,8,14H2,1-2H3,(H,29,35). The van der Waals surface area contributed by atoms with Gasteiger partial charge in [-0.05, 0) is 44.9 Å². The third-order valence-electron chi connectivity index (χ3n) is 6.50. The second kappa shape index (κ2) is 9.19. The number of rotatable bonds is 5. The largest absolute Gasteiger partial charge is 0.356 e. The molecule has 1 aliphatic rings. The van der Waals surface area contributed by atoms with Crippen LogP contribution in [0.4, 0.5) is 11.5 Å². The highest BCUT2D eigenvalue weighted by molar-refractivity contribution is 7.15. The van der Waals surface area contributed by atoms with E-state index in [1.165, 1.54) is 0 Å². The summed E-state index contributed by atoms with van der Waals surface area (Å²) in [5.41, 5.74) is 4.61. The second-order valence-electron chi connectivity index (χ2n) is 9.15. The number of fused-ring (bicyclic) bond motifs is 1. The highest BCUT2D eigenvalue weighted by Crippen LogP contribution is 2.27. The average Bonchev–Trinajstić information content (AvgIpc) is 3.59. The van der Waals surface area contributed by atoms with Crippen LogP contribution in [0.1, 0.15) is 24.2 Å². The number of anilines is 2. The van der Waals surface area contributed by atoms with Gasteiger partial charge in [0.2, 0.25) is 5.91 Å². The predicted octanol–water partition coefficient (Wildman–Crippen LogP) is 4.51. The Labute approximate surface area is 212 Å². The van der Waals surface area contributed by atoms with E-state index in [4.69, 9.17) is 0 Å². The van der Waals surface area contributed by atoms with Gasteiger partial charge in [0.15, 0.2) is 10.8 Å². The molecule has 1 N–H and O–H groups in total. The molecule has 36 heavy (non-hydrogen) atoms. The fourth-order valence-electron chi connectivity index (χ4n) is 4.75. The Morgan fingerprint density at radius 3 is 2.86 bits per heavy atom. The van der Waals surface area contributed by atoms with Crippen LogP contribution in [0.3, 0.4) is 0 Å². The number of carbonyl (C=O) groups excluding carboxylic acids is 1. The number of hydrogen-bond acceptors (Lipinski definition) is 7. The molecule has 1 fully saturated rings. The summed E-state index contributed by atoms with van der Waals surface area (Å²) < 4.78 is 3.83. The summed E-state index contributed by atoms with van der Waals surface area (Å²) in [7, 11) is 0. The number of nitrogens with one attached hydrogen (secondary N) is 1. The first-order chi connectivity index (χ1) is 17.5. The lowest BCUT2D eigenvalue weighted by molar-refractivity contribution is -0.120. The van der Waals surface area contributed by atoms with Crippen LogP contribution in [0.2, 0.25) is 0 Å². The first-order valence-electron chi connectivity index (χ1n) is 12.0. The number of imidazole rings is 1. The molecule has 1 amide bonds. The molecule has 0 saturated carbocycles. The molecule has 6 rings (SSSR count). The van der Waals surface area contributed by atoms with E-state index in [0.717, 1.165) is 64.3 Å². The van der Waals surface area contributed by atoms with Gasteiger partial charge in [0.05, 0.1) is 17.3 Å². The molecule has 1 unspecified atom stereocenters. The van der Waals surface area contributed by atoms with E-state index in [2.05, 4.69) is 30.3 Å². The number of amides is 1. The Morgan fingerprint density at radius 1 is 1.14 bits per heavy atom. The minimum atomic E-state index is -0.132. The van der Waals surface area contributed by atoms with Crippen LogP contribution in [-0.2, 0) is 4.79 Å². The van der Waals surface area contributed by atoms with Crippen LogP contribution in [0.5, 0.6) is 0 Å². The number of piperidine rings is 1. The van der Waals surface area contributed by atoms with Crippen molar-refractivity contribution in [3.05, 3.63) is 71.9 Å². The smallest absolute Gasteiger partial charge is 0.229 e. The van der Waals surface area contributed by atoms with E-state index in [1.807, 2.05) is 77.1 Å². The predicted molar refractivity (Wildman–Crippen MR) is 141 cm³/mol. The maximum Gasteiger partial charge on any atom is 0.229 e. The van der Waals surface area contributed by atoms with Crippen molar-refractivity contribution in [1.29, 1.82) is 0 Å². The first-order valence-corrected chi connectivity index (χ1v) is 12.9. The summed E-state index contributed by atoms with van der Waals surface area (Å²) >= 11 is 1.60. The number of benzene rings is 1. The molecule has 0 bridgehead atoms. The molecular weight excluding hydrogens is 472 g/mol. The van der Waals surface area contributed by atoms with Gasteiger partial charge < -0.3 is 10.2 Å². The average molecular weight is 499 g/mol. The Kier molecular flexibility index (Phi) is 5.73. The maximum absolute atomic E-state index is 13.2. The fraction of sp³-hybridized carbons (Fsp3) is 0.269. The van der Waals surface area contributed by atoms with Crippen molar-refractivity contribution in [2.75, 3.05) is 23.3 Å². The first kappa shape index (κ1) is 22.4. The quantitative estimate of drug-likeness (QED) is 0.383. The number of nitrogens with zero attached hydrogens (tertiary/aromatic N) is 7. The molecule has 5 aromatic rings. The number of carbonyl (C=O) groups is 1. The van der Waals surface area contributed by atoms with Crippen molar-refractivity contribution in [3.8, 4) is 17.1 Å². The van der Waals surface area contributed by atoms with Crippen LogP contribution >= 0.6 is 11.3 Å². The van der Waals surface area contributed by atoms with Gasteiger partial charge in [-0.3, -0.25) is 9.20 Å². The Hall–Kier alpha value is -4.05. The minimum Gasteiger partial charge on any atom is -0.356 e. The Balaban J connectivity index is 1.16. The minimum absolute atomic E-state index is 0.0236. The van der Waals surface area contributed by atoms with Gasteiger partial charge in [0.25, 0.3) is 0 Å². The Morgan fingerprint density at radius 2 is 2.03 bits per heavy atom. The van der Waals surface area contributed by atoms with Gasteiger partial charge in [-0.15, -0.1) is 11.3 Å². The maximum atomic E-state index is 13.2. The number of aromatic nitrogens is 6. The van der Waals surface area contributed by atoms with E-state index < -0.39 is 0 Å². The molecule has 0 radical (unpaired) electrons. The molecule has 1 aliphatic heterocycles. The van der Waals surface area contributed by atoms with Crippen molar-refractivity contribution >= 4 is 33.7 Å². The van der Waals surface area contributed by atoms with Crippen molar-refractivity contribution in [1.82, 2.24) is 29.1 Å². The molecular formula is C26H26N8OS. The molecule has 182 valence electrons. The summed E-state index contributed by atoms with van der Waals surface area (Å²) in [5, 5.41) is 9.67. The molecule has 10 heteroatoms. The lowest BCUT2D eigenvalue weighted by atomic mass is 9.97. The summed E-state index contributed by atoms with van der Waals surface area (Å²) in [4.78, 5) is 29.9. The number of thiazole rings is 1. The van der Waals surface area contributed by atoms with Crippen LogP contribution < -0.4 is 10.2 Å². The van der Waals surface area contributed by atoms with Gasteiger partial charge in [-0.25, -0.2) is 19.6 Å². The normalized spacial score (nSPS) is 15.9. The van der Waals surface area contributed by atoms with Gasteiger partial charge in [0.1, 0.15) is 12.1 Å². The summed E-state index contributed by atoms with van der Waals surface area (Å²) in [6.45, 7) is 5.43. The van der Waals surface area contributed by atoms with Crippen molar-refractivity contribution < 1.29 is 4.79 Å². The van der Waals surface area contributed by atoms with E-state index in [9.17, 15) is 4.79 Å². The zero-order chi connectivity index (χ0) is 24.6. The lowest BCUT2D eigenvalue weighted by Crippen LogP contribution is -2.41. The summed E-state index contributed by atoms with van der Waals surface area (Å²) in [6, 6.07) is 11.8. The molecule has 0 aliphatic carbocycles. The topological polar surface area (TPSA) is 93.2 Å². The van der Waals surface area contributed by atoms with Crippen molar-refractivity contribution in [3.63, 3.8) is 0 Å². The van der Waals surface area contributed by atoms with Gasteiger partial charge in [0, 0.05) is 53.9 Å². The second-order valence-corrected chi connectivity index (χ2v) is 10.0. The SMILES string of the molecule is Cc1cc(C)n(-c2cc(N3CCCC(C(=O)Nc4cccc(-c5cn6ccsc6n5)c4)C3)ncn2)n1. The lowest BCUT2D eigenvalue weighted by Gasteiger charge is -2.33. The van der Waals surface area contributed by atoms with Crippen molar-refractivity contribution in [2.45, 2.75) is 26.7 Å². The third kappa shape index (κ3) is 4.35. The molecule has 1 aromatic carbocycles. The molecule has 0 spiro atoms. The van der Waals surface area contributed by atoms with Gasteiger partial charge in [-0.1, -0.05) is 12.1 Å². The number of aryl methyl sites for hydroxylation is 2. The van der Waals surface area contributed by atoms with Crippen LogP contribution in [-0.4, -0.2) is 48.1 Å². The zero-order valence-electron chi connectivity index (χ0n) is 20.1.